The average Bonchev–Trinajstić information content (AvgIpc) is 2.39. The molecule has 1 saturated carbocycles. The quantitative estimate of drug-likeness (QED) is 0.480. The minimum Gasteiger partial charge on any atom is -0.207 e. The number of benzene rings is 1. The Balaban J connectivity index is 1.94. The molecule has 1 aromatic rings. The van der Waals surface area contributed by atoms with Gasteiger partial charge < -0.3 is 0 Å². The third-order valence-corrected chi connectivity index (χ3v) is 3.97. The highest BCUT2D eigenvalue weighted by molar-refractivity contribution is 5.24. The summed E-state index contributed by atoms with van der Waals surface area (Å²) in [5.74, 6) is -0.605. The second-order valence-electron chi connectivity index (χ2n) is 5.48. The highest BCUT2D eigenvalue weighted by Gasteiger charge is 2.19. The van der Waals surface area contributed by atoms with Crippen molar-refractivity contribution >= 4 is 0 Å². The van der Waals surface area contributed by atoms with Crippen molar-refractivity contribution < 1.29 is 8.78 Å². The van der Waals surface area contributed by atoms with Crippen LogP contribution >= 0.6 is 0 Å². The molecule has 1 aliphatic carbocycles. The van der Waals surface area contributed by atoms with Crippen LogP contribution in [0.2, 0.25) is 0 Å². The lowest BCUT2D eigenvalue weighted by atomic mass is 9.81. The molecule has 1 fully saturated rings. The predicted molar refractivity (Wildman–Crippen MR) is 75.2 cm³/mol. The highest BCUT2D eigenvalue weighted by Crippen LogP contribution is 2.36. The first-order valence-electron chi connectivity index (χ1n) is 7.33. The topological polar surface area (TPSA) is 0 Å². The molecule has 0 atom stereocenters. The Morgan fingerprint density at radius 3 is 2.32 bits per heavy atom. The molecule has 0 amide bonds. The maximum absolute atomic E-state index is 13.2. The van der Waals surface area contributed by atoms with Crippen molar-refractivity contribution in [1.82, 2.24) is 0 Å². The largest absolute Gasteiger partial charge is 0.207 e. The summed E-state index contributed by atoms with van der Waals surface area (Å²) in [6, 6.07) is 3.92. The molecule has 19 heavy (non-hydrogen) atoms. The lowest BCUT2D eigenvalue weighted by Gasteiger charge is -2.24. The van der Waals surface area contributed by atoms with Crippen LogP contribution in [0, 0.1) is 11.6 Å². The minimum absolute atomic E-state index is 0.313. The van der Waals surface area contributed by atoms with Crippen LogP contribution in [0.4, 0.5) is 8.78 Å². The lowest BCUT2D eigenvalue weighted by molar-refractivity contribution is 0.504. The van der Waals surface area contributed by atoms with Crippen LogP contribution in [0.25, 0.3) is 0 Å². The van der Waals surface area contributed by atoms with E-state index in [4.69, 9.17) is 0 Å². The Morgan fingerprint density at radius 2 is 1.74 bits per heavy atom. The maximum Gasteiger partial charge on any atom is 0.126 e. The highest BCUT2D eigenvalue weighted by atomic mass is 19.1. The number of rotatable bonds is 4. The van der Waals surface area contributed by atoms with E-state index >= 15 is 0 Å². The van der Waals surface area contributed by atoms with Gasteiger partial charge in [0, 0.05) is 6.07 Å². The van der Waals surface area contributed by atoms with Gasteiger partial charge >= 0.3 is 0 Å². The molecular formula is C17H22F2. The van der Waals surface area contributed by atoms with Gasteiger partial charge in [-0.05, 0) is 55.7 Å². The van der Waals surface area contributed by atoms with E-state index in [0.717, 1.165) is 37.3 Å². The van der Waals surface area contributed by atoms with Crippen molar-refractivity contribution in [3.63, 3.8) is 0 Å². The summed E-state index contributed by atoms with van der Waals surface area (Å²) in [6.07, 6.45) is 10.2. The van der Waals surface area contributed by atoms with Gasteiger partial charge in [-0.25, -0.2) is 8.78 Å². The van der Waals surface area contributed by atoms with Gasteiger partial charge in [0.25, 0.3) is 0 Å². The maximum atomic E-state index is 13.2. The number of unbranched alkanes of at least 4 members (excludes halogenated alkanes) is 2. The molecule has 2 heteroatoms. The number of allylic oxidation sites excluding steroid dienone is 2. The molecule has 104 valence electrons. The second-order valence-corrected chi connectivity index (χ2v) is 5.48. The van der Waals surface area contributed by atoms with Gasteiger partial charge in [-0.3, -0.25) is 0 Å². The van der Waals surface area contributed by atoms with Crippen LogP contribution in [-0.4, -0.2) is 0 Å². The van der Waals surface area contributed by atoms with E-state index in [2.05, 4.69) is 13.0 Å². The summed E-state index contributed by atoms with van der Waals surface area (Å²) in [5.41, 5.74) is 2.35. The third-order valence-electron chi connectivity index (χ3n) is 3.97. The molecule has 0 unspecified atom stereocenters. The van der Waals surface area contributed by atoms with Crippen LogP contribution < -0.4 is 0 Å². The van der Waals surface area contributed by atoms with E-state index in [-0.39, 0.29) is 0 Å². The van der Waals surface area contributed by atoms with E-state index < -0.39 is 11.6 Å². The van der Waals surface area contributed by atoms with Crippen LogP contribution in [0.1, 0.15) is 63.4 Å². The SMILES string of the molecule is CCCCC=C1CCC(c2cc(F)cc(F)c2)CC1. The van der Waals surface area contributed by atoms with Gasteiger partial charge in [0.2, 0.25) is 0 Å². The zero-order valence-electron chi connectivity index (χ0n) is 11.6. The molecule has 2 rings (SSSR count). The monoisotopic (exact) mass is 264 g/mol. The molecule has 0 aliphatic heterocycles. The summed E-state index contributed by atoms with van der Waals surface area (Å²) >= 11 is 0. The number of halogens is 2. The Hall–Kier alpha value is -1.18. The number of hydrogen-bond donors (Lipinski definition) is 0. The summed E-state index contributed by atoms with van der Waals surface area (Å²) in [7, 11) is 0. The van der Waals surface area contributed by atoms with Crippen LogP contribution in [0.15, 0.2) is 29.8 Å². The molecule has 0 radical (unpaired) electrons. The van der Waals surface area contributed by atoms with Gasteiger partial charge in [-0.1, -0.05) is 31.4 Å². The van der Waals surface area contributed by atoms with Crippen molar-refractivity contribution in [2.75, 3.05) is 0 Å². The molecule has 0 N–H and O–H groups in total. The van der Waals surface area contributed by atoms with Crippen LogP contribution in [0.5, 0.6) is 0 Å². The summed E-state index contributed by atoms with van der Waals surface area (Å²) < 4.78 is 26.4. The molecular weight excluding hydrogens is 242 g/mol. The normalized spacial score (nSPS) is 19.5. The lowest BCUT2D eigenvalue weighted by Crippen LogP contribution is -2.07. The van der Waals surface area contributed by atoms with Crippen molar-refractivity contribution in [2.24, 2.45) is 0 Å². The second kappa shape index (κ2) is 6.83. The van der Waals surface area contributed by atoms with E-state index in [0.29, 0.717) is 5.92 Å². The molecule has 0 bridgehead atoms. The van der Waals surface area contributed by atoms with Crippen molar-refractivity contribution in [3.05, 3.63) is 47.0 Å². The van der Waals surface area contributed by atoms with E-state index in [9.17, 15) is 8.78 Å². The summed E-state index contributed by atoms with van der Waals surface area (Å²) in [4.78, 5) is 0. The van der Waals surface area contributed by atoms with Crippen molar-refractivity contribution in [1.29, 1.82) is 0 Å². The molecule has 1 aromatic carbocycles. The zero-order valence-corrected chi connectivity index (χ0v) is 11.6. The Morgan fingerprint density at radius 1 is 1.11 bits per heavy atom. The molecule has 0 aromatic heterocycles. The van der Waals surface area contributed by atoms with Crippen LogP contribution in [-0.2, 0) is 0 Å². The Labute approximate surface area is 114 Å². The standard InChI is InChI=1S/C17H22F2/c1-2-3-4-5-13-6-8-14(9-7-13)15-10-16(18)12-17(19)11-15/h5,10-12,14H,2-4,6-9H2,1H3. The summed E-state index contributed by atoms with van der Waals surface area (Å²) in [6.45, 7) is 2.20. The fourth-order valence-corrected chi connectivity index (χ4v) is 2.85. The van der Waals surface area contributed by atoms with Gasteiger partial charge in [-0.15, -0.1) is 0 Å². The van der Waals surface area contributed by atoms with Crippen molar-refractivity contribution in [3.8, 4) is 0 Å². The summed E-state index contributed by atoms with van der Waals surface area (Å²) in [5, 5.41) is 0. The van der Waals surface area contributed by atoms with E-state index in [1.807, 2.05) is 0 Å². The van der Waals surface area contributed by atoms with Gasteiger partial charge in [0.05, 0.1) is 0 Å². The average molecular weight is 264 g/mol. The fourth-order valence-electron chi connectivity index (χ4n) is 2.85. The first-order chi connectivity index (χ1) is 9.19. The van der Waals surface area contributed by atoms with Gasteiger partial charge in [0.1, 0.15) is 11.6 Å². The first-order valence-corrected chi connectivity index (χ1v) is 7.33. The molecule has 0 nitrogen and oxygen atoms in total. The fraction of sp³-hybridized carbons (Fsp3) is 0.529. The van der Waals surface area contributed by atoms with E-state index in [1.54, 1.807) is 0 Å². The molecule has 0 heterocycles. The Kier molecular flexibility index (Phi) is 5.12. The predicted octanol–water partition coefficient (Wildman–Crippen LogP) is 5.74. The molecule has 1 aliphatic rings. The zero-order chi connectivity index (χ0) is 13.7. The van der Waals surface area contributed by atoms with Crippen LogP contribution in [0.3, 0.4) is 0 Å². The van der Waals surface area contributed by atoms with Gasteiger partial charge in [0.15, 0.2) is 0 Å². The first kappa shape index (κ1) is 14.2. The smallest absolute Gasteiger partial charge is 0.126 e. The van der Waals surface area contributed by atoms with Gasteiger partial charge in [-0.2, -0.15) is 0 Å². The number of hydrogen-bond acceptors (Lipinski definition) is 0. The van der Waals surface area contributed by atoms with E-state index in [1.165, 1.54) is 37.0 Å². The molecule has 0 spiro atoms. The third kappa shape index (κ3) is 4.15. The Bertz CT molecular complexity index is 418. The van der Waals surface area contributed by atoms with Crippen molar-refractivity contribution in [2.45, 2.75) is 57.8 Å². The minimum atomic E-state index is -0.459. The molecule has 0 saturated heterocycles.